The van der Waals surface area contributed by atoms with Gasteiger partial charge in [0.1, 0.15) is 11.9 Å². The quantitative estimate of drug-likeness (QED) is 0.870. The first kappa shape index (κ1) is 16.2. The van der Waals surface area contributed by atoms with Crippen molar-refractivity contribution in [3.8, 4) is 0 Å². The SMILES string of the molecule is C[C@H]1C(=O)N(c2ccc(F)cc2)CCN1C(=O)Cc1ccccc1. The summed E-state index contributed by atoms with van der Waals surface area (Å²) in [6, 6.07) is 14.8. The number of amides is 2. The van der Waals surface area contributed by atoms with Crippen LogP contribution in [0.15, 0.2) is 54.6 Å². The van der Waals surface area contributed by atoms with Crippen LogP contribution in [0.1, 0.15) is 12.5 Å². The number of halogens is 1. The number of nitrogens with zero attached hydrogens (tertiary/aromatic N) is 2. The highest BCUT2D eigenvalue weighted by Crippen LogP contribution is 2.21. The second kappa shape index (κ2) is 6.83. The third-order valence-corrected chi connectivity index (χ3v) is 4.31. The lowest BCUT2D eigenvalue weighted by molar-refractivity contribution is -0.140. The van der Waals surface area contributed by atoms with Crippen LogP contribution in [0.25, 0.3) is 0 Å². The van der Waals surface area contributed by atoms with E-state index >= 15 is 0 Å². The molecule has 2 amide bonds. The summed E-state index contributed by atoms with van der Waals surface area (Å²) < 4.78 is 13.0. The van der Waals surface area contributed by atoms with Gasteiger partial charge in [-0.1, -0.05) is 30.3 Å². The van der Waals surface area contributed by atoms with Crippen LogP contribution < -0.4 is 4.90 Å². The molecule has 0 saturated carbocycles. The van der Waals surface area contributed by atoms with Crippen LogP contribution in [-0.2, 0) is 16.0 Å². The van der Waals surface area contributed by atoms with E-state index in [0.29, 0.717) is 18.8 Å². The van der Waals surface area contributed by atoms with Crippen LogP contribution in [0.3, 0.4) is 0 Å². The van der Waals surface area contributed by atoms with E-state index in [-0.39, 0.29) is 24.1 Å². The number of rotatable bonds is 3. The van der Waals surface area contributed by atoms with Gasteiger partial charge in [0.15, 0.2) is 0 Å². The Morgan fingerprint density at radius 2 is 1.75 bits per heavy atom. The fraction of sp³-hybridized carbons (Fsp3) is 0.263. The highest BCUT2D eigenvalue weighted by Gasteiger charge is 2.34. The van der Waals surface area contributed by atoms with Crippen molar-refractivity contribution in [3.05, 3.63) is 66.0 Å². The molecule has 2 aromatic rings. The summed E-state index contributed by atoms with van der Waals surface area (Å²) in [5.74, 6) is -0.536. The molecule has 0 spiro atoms. The molecule has 0 aromatic heterocycles. The predicted molar refractivity (Wildman–Crippen MR) is 90.1 cm³/mol. The third-order valence-electron chi connectivity index (χ3n) is 4.31. The van der Waals surface area contributed by atoms with Gasteiger partial charge in [0, 0.05) is 18.8 Å². The van der Waals surface area contributed by atoms with Crippen molar-refractivity contribution in [3.63, 3.8) is 0 Å². The molecular weight excluding hydrogens is 307 g/mol. The average Bonchev–Trinajstić information content (AvgIpc) is 2.59. The van der Waals surface area contributed by atoms with Gasteiger partial charge in [-0.05, 0) is 36.8 Å². The van der Waals surface area contributed by atoms with Gasteiger partial charge < -0.3 is 9.80 Å². The monoisotopic (exact) mass is 326 g/mol. The fourth-order valence-electron chi connectivity index (χ4n) is 2.96. The summed E-state index contributed by atoms with van der Waals surface area (Å²) in [5, 5.41) is 0. The number of hydrogen-bond acceptors (Lipinski definition) is 2. The molecule has 1 saturated heterocycles. The van der Waals surface area contributed by atoms with Crippen molar-refractivity contribution in [2.75, 3.05) is 18.0 Å². The minimum absolute atomic E-state index is 0.0548. The van der Waals surface area contributed by atoms with Gasteiger partial charge in [-0.25, -0.2) is 4.39 Å². The van der Waals surface area contributed by atoms with Crippen molar-refractivity contribution in [1.82, 2.24) is 4.90 Å². The first-order chi connectivity index (χ1) is 11.6. The molecule has 124 valence electrons. The number of anilines is 1. The van der Waals surface area contributed by atoms with E-state index in [1.165, 1.54) is 12.1 Å². The van der Waals surface area contributed by atoms with Crippen LogP contribution in [0.2, 0.25) is 0 Å². The Morgan fingerprint density at radius 1 is 1.08 bits per heavy atom. The summed E-state index contributed by atoms with van der Waals surface area (Å²) >= 11 is 0. The van der Waals surface area contributed by atoms with Crippen LogP contribution in [0, 0.1) is 5.82 Å². The maximum absolute atomic E-state index is 13.0. The zero-order chi connectivity index (χ0) is 17.1. The topological polar surface area (TPSA) is 40.6 Å². The Labute approximate surface area is 140 Å². The molecule has 1 heterocycles. The second-order valence-corrected chi connectivity index (χ2v) is 5.89. The van der Waals surface area contributed by atoms with Crippen molar-refractivity contribution in [2.24, 2.45) is 0 Å². The zero-order valence-electron chi connectivity index (χ0n) is 13.5. The molecule has 5 heteroatoms. The maximum atomic E-state index is 13.0. The molecule has 2 aromatic carbocycles. The summed E-state index contributed by atoms with van der Waals surface area (Å²) in [7, 11) is 0. The van der Waals surface area contributed by atoms with Crippen LogP contribution in [0.5, 0.6) is 0 Å². The van der Waals surface area contributed by atoms with Crippen molar-refractivity contribution >= 4 is 17.5 Å². The Bertz CT molecular complexity index is 731. The summed E-state index contributed by atoms with van der Waals surface area (Å²) in [6.45, 7) is 2.62. The van der Waals surface area contributed by atoms with Gasteiger partial charge in [0.05, 0.1) is 6.42 Å². The molecule has 4 nitrogen and oxygen atoms in total. The number of benzene rings is 2. The van der Waals surface area contributed by atoms with E-state index < -0.39 is 6.04 Å². The van der Waals surface area contributed by atoms with Gasteiger partial charge in [0.25, 0.3) is 0 Å². The van der Waals surface area contributed by atoms with E-state index in [2.05, 4.69) is 0 Å². The normalized spacial score (nSPS) is 17.9. The molecule has 0 radical (unpaired) electrons. The van der Waals surface area contributed by atoms with Crippen LogP contribution in [0.4, 0.5) is 10.1 Å². The molecule has 1 fully saturated rings. The molecule has 1 atom stereocenters. The maximum Gasteiger partial charge on any atom is 0.249 e. The average molecular weight is 326 g/mol. The van der Waals surface area contributed by atoms with E-state index in [4.69, 9.17) is 0 Å². The van der Waals surface area contributed by atoms with Crippen molar-refractivity contribution in [2.45, 2.75) is 19.4 Å². The lowest BCUT2D eigenvalue weighted by Gasteiger charge is -2.39. The fourth-order valence-corrected chi connectivity index (χ4v) is 2.96. The minimum Gasteiger partial charge on any atom is -0.329 e. The molecule has 1 aliphatic heterocycles. The van der Waals surface area contributed by atoms with E-state index in [1.807, 2.05) is 30.3 Å². The van der Waals surface area contributed by atoms with Crippen LogP contribution >= 0.6 is 0 Å². The molecule has 24 heavy (non-hydrogen) atoms. The number of hydrogen-bond donors (Lipinski definition) is 0. The summed E-state index contributed by atoms with van der Waals surface area (Å²) in [5.41, 5.74) is 1.59. The smallest absolute Gasteiger partial charge is 0.249 e. The lowest BCUT2D eigenvalue weighted by Crippen LogP contribution is -2.58. The van der Waals surface area contributed by atoms with Crippen LogP contribution in [-0.4, -0.2) is 35.8 Å². The first-order valence-electron chi connectivity index (χ1n) is 7.96. The first-order valence-corrected chi connectivity index (χ1v) is 7.96. The van der Waals surface area contributed by atoms with Crippen molar-refractivity contribution < 1.29 is 14.0 Å². The molecule has 0 N–H and O–H groups in total. The molecule has 0 bridgehead atoms. The minimum atomic E-state index is -0.528. The third kappa shape index (κ3) is 3.30. The van der Waals surface area contributed by atoms with Gasteiger partial charge in [-0.2, -0.15) is 0 Å². The molecule has 1 aliphatic rings. The van der Waals surface area contributed by atoms with E-state index in [0.717, 1.165) is 5.56 Å². The Morgan fingerprint density at radius 3 is 2.42 bits per heavy atom. The number of piperazine rings is 1. The van der Waals surface area contributed by atoms with E-state index in [1.54, 1.807) is 28.9 Å². The Kier molecular flexibility index (Phi) is 4.60. The van der Waals surface area contributed by atoms with Gasteiger partial charge in [-0.15, -0.1) is 0 Å². The highest BCUT2D eigenvalue weighted by molar-refractivity contribution is 6.00. The summed E-state index contributed by atoms with van der Waals surface area (Å²) in [4.78, 5) is 28.4. The summed E-state index contributed by atoms with van der Waals surface area (Å²) in [6.07, 6.45) is 0.287. The molecular formula is C19H19FN2O2. The standard InChI is InChI=1S/C19H19FN2O2/c1-14-19(24)22(17-9-7-16(20)8-10-17)12-11-21(14)18(23)13-15-5-3-2-4-6-15/h2-10,14H,11-13H2,1H3/t14-/m0/s1. The largest absolute Gasteiger partial charge is 0.329 e. The van der Waals surface area contributed by atoms with Gasteiger partial charge in [0.2, 0.25) is 11.8 Å². The zero-order valence-corrected chi connectivity index (χ0v) is 13.5. The Balaban J connectivity index is 1.70. The molecule has 0 unspecified atom stereocenters. The lowest BCUT2D eigenvalue weighted by atomic mass is 10.1. The predicted octanol–water partition coefficient (Wildman–Crippen LogP) is 2.63. The molecule has 3 rings (SSSR count). The van der Waals surface area contributed by atoms with Crippen molar-refractivity contribution in [1.29, 1.82) is 0 Å². The van der Waals surface area contributed by atoms with Gasteiger partial charge >= 0.3 is 0 Å². The number of carbonyl (C=O) groups excluding carboxylic acids is 2. The van der Waals surface area contributed by atoms with E-state index in [9.17, 15) is 14.0 Å². The Hall–Kier alpha value is -2.69. The van der Waals surface area contributed by atoms with Gasteiger partial charge in [-0.3, -0.25) is 9.59 Å². The molecule has 0 aliphatic carbocycles. The number of carbonyl (C=O) groups is 2. The second-order valence-electron chi connectivity index (χ2n) is 5.89. The highest BCUT2D eigenvalue weighted by atomic mass is 19.1.